The highest BCUT2D eigenvalue weighted by Crippen LogP contribution is 2.31. The van der Waals surface area contributed by atoms with Crippen molar-refractivity contribution in [3.63, 3.8) is 0 Å². The second kappa shape index (κ2) is 6.11. The third kappa shape index (κ3) is 2.68. The number of aryl methyl sites for hydroxylation is 1. The average Bonchev–Trinajstić information content (AvgIpc) is 3.21. The second-order valence-corrected chi connectivity index (χ2v) is 6.50. The maximum absolute atomic E-state index is 12.7. The van der Waals surface area contributed by atoms with E-state index in [0.29, 0.717) is 12.3 Å². The van der Waals surface area contributed by atoms with Crippen LogP contribution in [0.5, 0.6) is 0 Å². The third-order valence-corrected chi connectivity index (χ3v) is 4.95. The summed E-state index contributed by atoms with van der Waals surface area (Å²) in [5.74, 6) is 0.549. The fourth-order valence-electron chi connectivity index (χ4n) is 3.59. The Morgan fingerprint density at radius 2 is 2.38 bits per heavy atom. The monoisotopic (exact) mass is 323 g/mol. The van der Waals surface area contributed by atoms with Crippen molar-refractivity contribution in [2.24, 2.45) is 7.05 Å². The molecule has 6 heteroatoms. The molecular formula is C18H21N5O. The Labute approximate surface area is 140 Å². The van der Waals surface area contributed by atoms with Crippen molar-refractivity contribution in [1.82, 2.24) is 24.4 Å². The number of carbonyl (C=O) groups excluding carboxylic acids is 1. The first-order valence-corrected chi connectivity index (χ1v) is 8.37. The fourth-order valence-corrected chi connectivity index (χ4v) is 3.59. The first-order valence-electron chi connectivity index (χ1n) is 8.37. The van der Waals surface area contributed by atoms with Gasteiger partial charge < -0.3 is 14.5 Å². The number of nitrogens with one attached hydrogen (secondary N) is 1. The molecule has 1 atom stereocenters. The minimum Gasteiger partial charge on any atom is -0.346 e. The average molecular weight is 323 g/mol. The van der Waals surface area contributed by atoms with E-state index < -0.39 is 0 Å². The highest BCUT2D eigenvalue weighted by molar-refractivity contribution is 5.81. The highest BCUT2D eigenvalue weighted by atomic mass is 16.2. The van der Waals surface area contributed by atoms with Crippen LogP contribution in [0.2, 0.25) is 0 Å². The number of fused-ring (bicyclic) bond motifs is 1. The zero-order valence-electron chi connectivity index (χ0n) is 13.8. The number of carbonyl (C=O) groups is 1. The molecule has 1 saturated heterocycles. The predicted molar refractivity (Wildman–Crippen MR) is 91.6 cm³/mol. The maximum atomic E-state index is 12.7. The molecule has 3 aromatic heterocycles. The second-order valence-electron chi connectivity index (χ2n) is 6.50. The van der Waals surface area contributed by atoms with Gasteiger partial charge in [-0.25, -0.2) is 9.97 Å². The van der Waals surface area contributed by atoms with E-state index in [-0.39, 0.29) is 5.91 Å². The summed E-state index contributed by atoms with van der Waals surface area (Å²) in [6, 6.07) is 4.07. The lowest BCUT2D eigenvalue weighted by Crippen LogP contribution is -2.40. The first kappa shape index (κ1) is 14.9. The van der Waals surface area contributed by atoms with Gasteiger partial charge in [-0.3, -0.25) is 4.79 Å². The van der Waals surface area contributed by atoms with Crippen LogP contribution in [0.25, 0.3) is 11.0 Å². The van der Waals surface area contributed by atoms with Crippen molar-refractivity contribution in [2.45, 2.75) is 25.2 Å². The molecule has 6 nitrogen and oxygen atoms in total. The van der Waals surface area contributed by atoms with Crippen LogP contribution in [0.3, 0.4) is 0 Å². The lowest BCUT2D eigenvalue weighted by atomic mass is 9.90. The summed E-state index contributed by atoms with van der Waals surface area (Å²) in [7, 11) is 1.92. The minimum absolute atomic E-state index is 0.182. The molecule has 1 amide bonds. The van der Waals surface area contributed by atoms with Gasteiger partial charge in [-0.1, -0.05) is 0 Å². The third-order valence-electron chi connectivity index (χ3n) is 4.95. The van der Waals surface area contributed by atoms with Gasteiger partial charge in [0.15, 0.2) is 0 Å². The summed E-state index contributed by atoms with van der Waals surface area (Å²) in [4.78, 5) is 26.4. The van der Waals surface area contributed by atoms with E-state index in [2.05, 4.69) is 27.2 Å². The van der Waals surface area contributed by atoms with E-state index in [1.807, 2.05) is 22.6 Å². The largest absolute Gasteiger partial charge is 0.346 e. The summed E-state index contributed by atoms with van der Waals surface area (Å²) in [5, 5.41) is 1.17. The van der Waals surface area contributed by atoms with Crippen molar-refractivity contribution in [3.8, 4) is 0 Å². The summed E-state index contributed by atoms with van der Waals surface area (Å²) < 4.78 is 1.91. The number of hydrogen-bond donors (Lipinski definition) is 1. The standard InChI is InChI=1S/C18H21N5O/c1-22-12-19-9-14(22)8-17(24)23-7-3-4-13(11-23)16-10-21-18-15(16)5-2-6-20-18/h2,5-6,9-10,12-13H,3-4,7-8,11H2,1H3,(H,20,21). The number of H-pyrrole nitrogens is 1. The molecule has 1 aliphatic rings. The molecular weight excluding hydrogens is 302 g/mol. The van der Waals surface area contributed by atoms with Crippen LogP contribution in [0.15, 0.2) is 37.1 Å². The fraction of sp³-hybridized carbons (Fsp3) is 0.389. The number of aromatic nitrogens is 4. The van der Waals surface area contributed by atoms with Gasteiger partial charge in [-0.15, -0.1) is 0 Å². The number of likely N-dealkylation sites (tertiary alicyclic amines) is 1. The molecule has 0 saturated carbocycles. The molecule has 4 rings (SSSR count). The van der Waals surface area contributed by atoms with Crippen molar-refractivity contribution in [2.75, 3.05) is 13.1 Å². The van der Waals surface area contributed by atoms with E-state index in [9.17, 15) is 4.79 Å². The Balaban J connectivity index is 1.51. The number of aromatic amines is 1. The summed E-state index contributed by atoms with van der Waals surface area (Å²) in [6.45, 7) is 1.62. The molecule has 1 unspecified atom stereocenters. The zero-order chi connectivity index (χ0) is 16.5. The number of amides is 1. The molecule has 0 aromatic carbocycles. The zero-order valence-corrected chi connectivity index (χ0v) is 13.8. The predicted octanol–water partition coefficient (Wildman–Crippen LogP) is 2.25. The van der Waals surface area contributed by atoms with Gasteiger partial charge in [0.05, 0.1) is 12.7 Å². The molecule has 4 heterocycles. The number of hydrogen-bond acceptors (Lipinski definition) is 3. The first-order chi connectivity index (χ1) is 11.7. The maximum Gasteiger partial charge on any atom is 0.228 e. The molecule has 1 fully saturated rings. The lowest BCUT2D eigenvalue weighted by Gasteiger charge is -2.33. The van der Waals surface area contributed by atoms with E-state index in [0.717, 1.165) is 37.3 Å². The Bertz CT molecular complexity index is 865. The number of nitrogens with zero attached hydrogens (tertiary/aromatic N) is 4. The van der Waals surface area contributed by atoms with Crippen LogP contribution < -0.4 is 0 Å². The van der Waals surface area contributed by atoms with Gasteiger partial charge in [0.25, 0.3) is 0 Å². The Morgan fingerprint density at radius 3 is 3.21 bits per heavy atom. The van der Waals surface area contributed by atoms with E-state index in [1.165, 1.54) is 10.9 Å². The minimum atomic E-state index is 0.182. The Morgan fingerprint density at radius 1 is 1.46 bits per heavy atom. The molecule has 0 aliphatic carbocycles. The topological polar surface area (TPSA) is 66.8 Å². The van der Waals surface area contributed by atoms with Gasteiger partial charge in [-0.05, 0) is 30.5 Å². The van der Waals surface area contributed by atoms with Crippen molar-refractivity contribution < 1.29 is 4.79 Å². The van der Waals surface area contributed by atoms with Crippen LogP contribution in [0, 0.1) is 0 Å². The van der Waals surface area contributed by atoms with E-state index >= 15 is 0 Å². The molecule has 0 spiro atoms. The molecule has 24 heavy (non-hydrogen) atoms. The van der Waals surface area contributed by atoms with Crippen molar-refractivity contribution in [1.29, 1.82) is 0 Å². The normalized spacial score (nSPS) is 18.2. The molecule has 0 bridgehead atoms. The van der Waals surface area contributed by atoms with Crippen LogP contribution in [-0.2, 0) is 18.3 Å². The van der Waals surface area contributed by atoms with Gasteiger partial charge in [0.2, 0.25) is 5.91 Å². The molecule has 1 aliphatic heterocycles. The van der Waals surface area contributed by atoms with Gasteiger partial charge in [-0.2, -0.15) is 0 Å². The number of imidazole rings is 1. The SMILES string of the molecule is Cn1cncc1CC(=O)N1CCCC(c2c[nH]c3ncccc23)C1. The van der Waals surface area contributed by atoms with Crippen LogP contribution in [0.4, 0.5) is 0 Å². The van der Waals surface area contributed by atoms with Crippen molar-refractivity contribution in [3.05, 3.63) is 48.3 Å². The van der Waals surface area contributed by atoms with Gasteiger partial charge in [0, 0.05) is 55.7 Å². The number of rotatable bonds is 3. The molecule has 3 aromatic rings. The summed E-state index contributed by atoms with van der Waals surface area (Å²) in [5.41, 5.74) is 3.15. The molecule has 124 valence electrons. The van der Waals surface area contributed by atoms with E-state index in [4.69, 9.17) is 0 Å². The molecule has 0 radical (unpaired) electrons. The smallest absolute Gasteiger partial charge is 0.228 e. The lowest BCUT2D eigenvalue weighted by molar-refractivity contribution is -0.131. The van der Waals surface area contributed by atoms with E-state index in [1.54, 1.807) is 18.7 Å². The van der Waals surface area contributed by atoms with Gasteiger partial charge in [0.1, 0.15) is 5.65 Å². The highest BCUT2D eigenvalue weighted by Gasteiger charge is 2.26. The summed E-state index contributed by atoms with van der Waals surface area (Å²) >= 11 is 0. The Kier molecular flexibility index (Phi) is 3.80. The van der Waals surface area contributed by atoms with Gasteiger partial charge >= 0.3 is 0 Å². The van der Waals surface area contributed by atoms with Crippen LogP contribution in [-0.4, -0.2) is 43.4 Å². The quantitative estimate of drug-likeness (QED) is 0.804. The van der Waals surface area contributed by atoms with Crippen LogP contribution >= 0.6 is 0 Å². The summed E-state index contributed by atoms with van der Waals surface area (Å²) in [6.07, 6.45) is 9.92. The Hall–Kier alpha value is -2.63. The number of pyridine rings is 1. The number of piperidine rings is 1. The van der Waals surface area contributed by atoms with Crippen LogP contribution in [0.1, 0.15) is 30.0 Å². The van der Waals surface area contributed by atoms with Crippen molar-refractivity contribution >= 4 is 16.9 Å². The molecule has 1 N–H and O–H groups in total.